The second-order valence-electron chi connectivity index (χ2n) is 2.38. The van der Waals surface area contributed by atoms with E-state index in [1.54, 1.807) is 0 Å². The van der Waals surface area contributed by atoms with E-state index < -0.39 is 16.5 Å². The number of hydrogen-bond donors (Lipinski definition) is 3. The molecule has 2 amide bonds. The van der Waals surface area contributed by atoms with Gasteiger partial charge in [0.25, 0.3) is 0 Å². The van der Waals surface area contributed by atoms with Crippen LogP contribution in [0.1, 0.15) is 12.8 Å². The van der Waals surface area contributed by atoms with Crippen molar-refractivity contribution in [2.75, 3.05) is 6.54 Å². The molecule has 8 nitrogen and oxygen atoms in total. The van der Waals surface area contributed by atoms with Crippen LogP contribution in [-0.2, 0) is 15.2 Å². The van der Waals surface area contributed by atoms with Crippen molar-refractivity contribution in [3.63, 3.8) is 0 Å². The number of carbonyl (C=O) groups is 2. The molecule has 3 N–H and O–H groups in total. The lowest BCUT2D eigenvalue weighted by atomic mass is 10.4. The van der Waals surface area contributed by atoms with Gasteiger partial charge in [-0.25, -0.2) is 9.69 Å². The third-order valence-electron chi connectivity index (χ3n) is 1.30. The molecule has 1 heterocycles. The van der Waals surface area contributed by atoms with Crippen LogP contribution in [0.3, 0.4) is 0 Å². The molecular formula is C5H9NO7S. The number of amides is 2. The Balaban J connectivity index is 0.000000292. The van der Waals surface area contributed by atoms with Gasteiger partial charge in [0.15, 0.2) is 0 Å². The standard InChI is InChI=1S/C5H7NO3.H2O4S/c7-4-2-1-3-6(4)5(8)9;1-5(2,3)4/h1-3H2,(H,8,9);(H2,1,2,3,4). The number of hydrogen-bond acceptors (Lipinski definition) is 4. The fourth-order valence-corrected chi connectivity index (χ4v) is 0.850. The molecule has 1 aliphatic heterocycles. The van der Waals surface area contributed by atoms with Crippen LogP contribution in [0.15, 0.2) is 0 Å². The lowest BCUT2D eigenvalue weighted by Crippen LogP contribution is -2.29. The van der Waals surface area contributed by atoms with E-state index in [-0.39, 0.29) is 5.91 Å². The third kappa shape index (κ3) is 6.34. The molecule has 0 aromatic carbocycles. The molecule has 1 fully saturated rings. The van der Waals surface area contributed by atoms with Gasteiger partial charge in [0.05, 0.1) is 0 Å². The molecule has 0 atom stereocenters. The normalized spacial score (nSPS) is 16.1. The highest BCUT2D eigenvalue weighted by Gasteiger charge is 2.25. The van der Waals surface area contributed by atoms with Gasteiger partial charge in [0, 0.05) is 13.0 Å². The van der Waals surface area contributed by atoms with Gasteiger partial charge in [-0.05, 0) is 6.42 Å². The van der Waals surface area contributed by atoms with E-state index in [1.165, 1.54) is 0 Å². The topological polar surface area (TPSA) is 132 Å². The summed E-state index contributed by atoms with van der Waals surface area (Å²) in [5.41, 5.74) is 0. The Morgan fingerprint density at radius 1 is 1.36 bits per heavy atom. The van der Waals surface area contributed by atoms with Crippen LogP contribution in [0.25, 0.3) is 0 Å². The molecule has 0 radical (unpaired) electrons. The highest BCUT2D eigenvalue weighted by molar-refractivity contribution is 7.79. The van der Waals surface area contributed by atoms with Crippen LogP contribution in [0.5, 0.6) is 0 Å². The van der Waals surface area contributed by atoms with Gasteiger partial charge in [-0.15, -0.1) is 0 Å². The molecule has 9 heteroatoms. The SMILES string of the molecule is O=C(O)N1CCCC1=O.O=S(=O)(O)O. The summed E-state index contributed by atoms with van der Waals surface area (Å²) in [7, 11) is -4.67. The Morgan fingerprint density at radius 3 is 1.93 bits per heavy atom. The Kier molecular flexibility index (Phi) is 4.47. The van der Waals surface area contributed by atoms with Gasteiger partial charge in [-0.1, -0.05) is 0 Å². The predicted octanol–water partition coefficient (Wildman–Crippen LogP) is -0.366. The van der Waals surface area contributed by atoms with Crippen molar-refractivity contribution in [3.05, 3.63) is 0 Å². The molecule has 0 aromatic rings. The highest BCUT2D eigenvalue weighted by atomic mass is 32.3. The average molecular weight is 227 g/mol. The largest absolute Gasteiger partial charge is 0.465 e. The lowest BCUT2D eigenvalue weighted by Gasteiger charge is -2.05. The average Bonchev–Trinajstić information content (AvgIpc) is 2.30. The van der Waals surface area contributed by atoms with E-state index in [0.29, 0.717) is 19.4 Å². The molecule has 0 aliphatic carbocycles. The minimum absolute atomic E-state index is 0.275. The smallest absolute Gasteiger partial charge is 0.414 e. The zero-order valence-electron chi connectivity index (χ0n) is 6.95. The number of carbonyl (C=O) groups excluding carboxylic acids is 1. The minimum atomic E-state index is -4.67. The first kappa shape index (κ1) is 12.8. The van der Waals surface area contributed by atoms with Crippen molar-refractivity contribution < 1.29 is 32.2 Å². The number of carboxylic acid groups (broad SMARTS) is 1. The van der Waals surface area contributed by atoms with Crippen molar-refractivity contribution in [1.29, 1.82) is 0 Å². The zero-order chi connectivity index (χ0) is 11.4. The molecule has 0 saturated carbocycles. The van der Waals surface area contributed by atoms with E-state index in [4.69, 9.17) is 22.6 Å². The number of nitrogens with zero attached hydrogens (tertiary/aromatic N) is 1. The number of imide groups is 1. The first-order valence-corrected chi connectivity index (χ1v) is 4.84. The van der Waals surface area contributed by atoms with Gasteiger partial charge in [-0.3, -0.25) is 13.9 Å². The first-order chi connectivity index (χ1) is 6.22. The van der Waals surface area contributed by atoms with Crippen LogP contribution >= 0.6 is 0 Å². The fourth-order valence-electron chi connectivity index (χ4n) is 0.850. The van der Waals surface area contributed by atoms with Crippen LogP contribution in [0, 0.1) is 0 Å². The highest BCUT2D eigenvalue weighted by Crippen LogP contribution is 2.08. The lowest BCUT2D eigenvalue weighted by molar-refractivity contribution is -0.125. The summed E-state index contributed by atoms with van der Waals surface area (Å²) in [6.45, 7) is 0.369. The summed E-state index contributed by atoms with van der Waals surface area (Å²) in [5.74, 6) is -0.275. The Labute approximate surface area is 79.7 Å². The second kappa shape index (κ2) is 4.88. The molecule has 0 bridgehead atoms. The van der Waals surface area contributed by atoms with E-state index in [2.05, 4.69) is 0 Å². The molecule has 0 aromatic heterocycles. The van der Waals surface area contributed by atoms with Crippen molar-refractivity contribution in [3.8, 4) is 0 Å². The van der Waals surface area contributed by atoms with Gasteiger partial charge >= 0.3 is 16.5 Å². The van der Waals surface area contributed by atoms with Crippen molar-refractivity contribution >= 4 is 22.4 Å². The molecule has 1 rings (SSSR count). The van der Waals surface area contributed by atoms with E-state index >= 15 is 0 Å². The van der Waals surface area contributed by atoms with Crippen molar-refractivity contribution in [1.82, 2.24) is 4.90 Å². The summed E-state index contributed by atoms with van der Waals surface area (Å²) >= 11 is 0. The molecule has 0 unspecified atom stereocenters. The van der Waals surface area contributed by atoms with Crippen molar-refractivity contribution in [2.24, 2.45) is 0 Å². The predicted molar refractivity (Wildman–Crippen MR) is 43.1 cm³/mol. The molecular weight excluding hydrogens is 218 g/mol. The summed E-state index contributed by atoms with van der Waals surface area (Å²) in [5, 5.41) is 8.29. The maximum Gasteiger partial charge on any atom is 0.414 e. The fraction of sp³-hybridized carbons (Fsp3) is 0.600. The van der Waals surface area contributed by atoms with Gasteiger partial charge < -0.3 is 5.11 Å². The quantitative estimate of drug-likeness (QED) is 0.481. The van der Waals surface area contributed by atoms with Gasteiger partial charge in [0.1, 0.15) is 0 Å². The maximum absolute atomic E-state index is 10.6. The Hall–Kier alpha value is -1.19. The molecule has 82 valence electrons. The summed E-state index contributed by atoms with van der Waals surface area (Å²) < 4.78 is 31.6. The van der Waals surface area contributed by atoms with E-state index in [1.807, 2.05) is 0 Å². The van der Waals surface area contributed by atoms with Crippen LogP contribution in [0.2, 0.25) is 0 Å². The maximum atomic E-state index is 10.6. The summed E-state index contributed by atoms with van der Waals surface area (Å²) in [6, 6.07) is 0. The van der Waals surface area contributed by atoms with Gasteiger partial charge in [0.2, 0.25) is 5.91 Å². The Bertz CT molecular complexity index is 313. The van der Waals surface area contributed by atoms with E-state index in [0.717, 1.165) is 4.90 Å². The molecule has 14 heavy (non-hydrogen) atoms. The summed E-state index contributed by atoms with van der Waals surface area (Å²) in [4.78, 5) is 21.5. The zero-order valence-corrected chi connectivity index (χ0v) is 7.77. The first-order valence-electron chi connectivity index (χ1n) is 3.45. The Morgan fingerprint density at radius 2 is 1.79 bits per heavy atom. The van der Waals surface area contributed by atoms with Crippen LogP contribution < -0.4 is 0 Å². The minimum Gasteiger partial charge on any atom is -0.465 e. The molecule has 1 aliphatic rings. The number of likely N-dealkylation sites (tertiary alicyclic amines) is 1. The van der Waals surface area contributed by atoms with Crippen molar-refractivity contribution in [2.45, 2.75) is 12.8 Å². The van der Waals surface area contributed by atoms with Crippen LogP contribution in [-0.4, -0.2) is 46.1 Å². The monoisotopic (exact) mass is 227 g/mol. The van der Waals surface area contributed by atoms with E-state index in [9.17, 15) is 9.59 Å². The molecule has 1 saturated heterocycles. The summed E-state index contributed by atoms with van der Waals surface area (Å²) in [6.07, 6.45) is -0.0743. The molecule has 0 spiro atoms. The number of rotatable bonds is 0. The van der Waals surface area contributed by atoms with Crippen LogP contribution in [0.4, 0.5) is 4.79 Å². The third-order valence-corrected chi connectivity index (χ3v) is 1.30. The van der Waals surface area contributed by atoms with Gasteiger partial charge in [-0.2, -0.15) is 8.42 Å². The second-order valence-corrected chi connectivity index (χ2v) is 3.28.